The molecule has 0 aliphatic carbocycles. The lowest BCUT2D eigenvalue weighted by Crippen LogP contribution is -2.58. The first kappa shape index (κ1) is 22.1. The molecule has 1 heterocycles. The van der Waals surface area contributed by atoms with Crippen molar-refractivity contribution in [1.82, 2.24) is 5.32 Å². The van der Waals surface area contributed by atoms with Gasteiger partial charge in [-0.1, -0.05) is 0 Å². The molecule has 0 spiro atoms. The van der Waals surface area contributed by atoms with E-state index in [0.717, 1.165) is 0 Å². The summed E-state index contributed by atoms with van der Waals surface area (Å²) >= 11 is 1.43. The molecule has 25 heavy (non-hydrogen) atoms. The second-order valence-electron chi connectivity index (χ2n) is 5.86. The molecular formula is C15H27NO8S. The first-order valence-corrected chi connectivity index (χ1v) is 9.20. The third-order valence-electron chi connectivity index (χ3n) is 3.92. The Morgan fingerprint density at radius 2 is 1.84 bits per heavy atom. The van der Waals surface area contributed by atoms with Gasteiger partial charge < -0.3 is 35.2 Å². The topological polar surface area (TPSA) is 146 Å². The normalized spacial score (nSPS) is 30.6. The number of hydrogen-bond acceptors (Lipinski definition) is 9. The van der Waals surface area contributed by atoms with E-state index >= 15 is 0 Å². The summed E-state index contributed by atoms with van der Waals surface area (Å²) in [6, 6.07) is -0.722. The van der Waals surface area contributed by atoms with E-state index in [1.54, 1.807) is 0 Å². The Morgan fingerprint density at radius 1 is 1.20 bits per heavy atom. The smallest absolute Gasteiger partial charge is 0.329 e. The zero-order valence-electron chi connectivity index (χ0n) is 14.3. The van der Waals surface area contributed by atoms with Crippen LogP contribution in [0, 0.1) is 0 Å². The molecule has 1 aliphatic rings. The van der Waals surface area contributed by atoms with Crippen molar-refractivity contribution in [3.05, 3.63) is 0 Å². The van der Waals surface area contributed by atoms with Crippen molar-refractivity contribution in [2.24, 2.45) is 0 Å². The molecule has 0 unspecified atom stereocenters. The molecule has 0 aromatic rings. The minimum Gasteiger partial charge on any atom is -0.467 e. The number of methoxy groups -OCH3 is 1. The highest BCUT2D eigenvalue weighted by atomic mass is 32.2. The molecule has 0 aromatic carbocycles. The number of amides is 1. The van der Waals surface area contributed by atoms with E-state index in [1.165, 1.54) is 25.8 Å². The average molecular weight is 381 g/mol. The largest absolute Gasteiger partial charge is 0.467 e. The number of ether oxygens (including phenoxy) is 2. The van der Waals surface area contributed by atoms with Crippen molar-refractivity contribution in [1.29, 1.82) is 0 Å². The summed E-state index contributed by atoms with van der Waals surface area (Å²) in [6.07, 6.45) is -4.53. The van der Waals surface area contributed by atoms with Crippen molar-refractivity contribution in [2.45, 2.75) is 56.3 Å². The van der Waals surface area contributed by atoms with Crippen molar-refractivity contribution < 1.29 is 39.5 Å². The van der Waals surface area contributed by atoms with Crippen LogP contribution in [0.1, 0.15) is 19.8 Å². The van der Waals surface area contributed by atoms with Gasteiger partial charge in [0.1, 0.15) is 30.5 Å². The van der Waals surface area contributed by atoms with Crippen LogP contribution < -0.4 is 5.32 Å². The second kappa shape index (κ2) is 10.9. The molecule has 146 valence electrons. The molecule has 1 amide bonds. The standard InChI is InChI=1S/C15H27NO8S/c1-8(18)16-9(15(22)23-2)7-25-5-3-4-10-12(19)14(21)13(20)11(6-17)24-10/h9-14,17,19-21H,3-7H2,1-2H3,(H,16,18)/t9-,10-,11+,12+,13+,14+/m0/s1. The van der Waals surface area contributed by atoms with Gasteiger partial charge >= 0.3 is 5.97 Å². The average Bonchev–Trinajstić information content (AvgIpc) is 2.59. The highest BCUT2D eigenvalue weighted by Crippen LogP contribution is 2.24. The molecule has 10 heteroatoms. The van der Waals surface area contributed by atoms with Crippen LogP contribution in [-0.4, -0.2) is 94.1 Å². The van der Waals surface area contributed by atoms with Gasteiger partial charge in [0.05, 0.1) is 19.8 Å². The molecule has 9 nitrogen and oxygen atoms in total. The Hall–Kier alpha value is -0.910. The summed E-state index contributed by atoms with van der Waals surface area (Å²) in [4.78, 5) is 22.6. The summed E-state index contributed by atoms with van der Waals surface area (Å²) in [7, 11) is 1.25. The summed E-state index contributed by atoms with van der Waals surface area (Å²) in [5.74, 6) is 0.136. The lowest BCUT2D eigenvalue weighted by Gasteiger charge is -2.40. The van der Waals surface area contributed by atoms with Crippen LogP contribution in [0.15, 0.2) is 0 Å². The van der Waals surface area contributed by atoms with Gasteiger partial charge in [0, 0.05) is 12.7 Å². The predicted molar refractivity (Wildman–Crippen MR) is 89.9 cm³/mol. The predicted octanol–water partition coefficient (Wildman–Crippen LogP) is -1.98. The molecular weight excluding hydrogens is 354 g/mol. The van der Waals surface area contributed by atoms with Gasteiger partial charge in [0.25, 0.3) is 0 Å². The SMILES string of the molecule is COC(=O)[C@H](CSCCC[C@@H]1O[C@H](CO)[C@@H](O)[C@H](O)[C@@H]1O)NC(C)=O. The third kappa shape index (κ3) is 6.72. The summed E-state index contributed by atoms with van der Waals surface area (Å²) in [6.45, 7) is 0.868. The maximum Gasteiger partial charge on any atom is 0.329 e. The van der Waals surface area contributed by atoms with Gasteiger partial charge in [-0.05, 0) is 18.6 Å². The quantitative estimate of drug-likeness (QED) is 0.226. The van der Waals surface area contributed by atoms with Crippen LogP contribution >= 0.6 is 11.8 Å². The maximum absolute atomic E-state index is 11.6. The Morgan fingerprint density at radius 3 is 2.40 bits per heavy atom. The van der Waals surface area contributed by atoms with Gasteiger partial charge in [0.15, 0.2) is 0 Å². The fraction of sp³-hybridized carbons (Fsp3) is 0.867. The number of thioether (sulfide) groups is 1. The van der Waals surface area contributed by atoms with Gasteiger partial charge in [-0.15, -0.1) is 0 Å². The van der Waals surface area contributed by atoms with Crippen molar-refractivity contribution in [3.63, 3.8) is 0 Å². The first-order valence-electron chi connectivity index (χ1n) is 8.05. The minimum atomic E-state index is -1.37. The molecule has 1 aliphatic heterocycles. The minimum absolute atomic E-state index is 0.322. The monoisotopic (exact) mass is 381 g/mol. The summed E-state index contributed by atoms with van der Waals surface area (Å²) in [5.41, 5.74) is 0. The molecule has 1 rings (SSSR count). The fourth-order valence-electron chi connectivity index (χ4n) is 2.56. The van der Waals surface area contributed by atoms with Crippen molar-refractivity contribution >= 4 is 23.6 Å². The molecule has 0 bridgehead atoms. The highest BCUT2D eigenvalue weighted by Gasteiger charge is 2.42. The van der Waals surface area contributed by atoms with Crippen LogP contribution in [0.5, 0.6) is 0 Å². The van der Waals surface area contributed by atoms with Crippen LogP contribution in [0.25, 0.3) is 0 Å². The van der Waals surface area contributed by atoms with E-state index < -0.39 is 49.1 Å². The highest BCUT2D eigenvalue weighted by molar-refractivity contribution is 7.99. The number of carbonyl (C=O) groups is 2. The van der Waals surface area contributed by atoms with Gasteiger partial charge in [-0.2, -0.15) is 11.8 Å². The van der Waals surface area contributed by atoms with E-state index in [9.17, 15) is 24.9 Å². The molecule has 1 saturated heterocycles. The summed E-state index contributed by atoms with van der Waals surface area (Å²) < 4.78 is 10.0. The van der Waals surface area contributed by atoms with E-state index in [-0.39, 0.29) is 5.91 Å². The molecule has 5 N–H and O–H groups in total. The van der Waals surface area contributed by atoms with Gasteiger partial charge in [-0.25, -0.2) is 4.79 Å². The third-order valence-corrected chi connectivity index (χ3v) is 5.06. The Labute approximate surface area is 150 Å². The molecule has 0 aromatic heterocycles. The fourth-order valence-corrected chi connectivity index (χ4v) is 3.55. The first-order chi connectivity index (χ1) is 11.8. The van der Waals surface area contributed by atoms with Crippen LogP contribution in [0.4, 0.5) is 0 Å². The van der Waals surface area contributed by atoms with Crippen LogP contribution in [0.3, 0.4) is 0 Å². The van der Waals surface area contributed by atoms with E-state index in [2.05, 4.69) is 10.1 Å². The number of carbonyl (C=O) groups excluding carboxylic acids is 2. The molecule has 1 fully saturated rings. The van der Waals surface area contributed by atoms with E-state index in [0.29, 0.717) is 24.3 Å². The van der Waals surface area contributed by atoms with E-state index in [1.807, 2.05) is 0 Å². The Balaban J connectivity index is 2.36. The number of hydrogen-bond donors (Lipinski definition) is 5. The van der Waals surface area contributed by atoms with Crippen LogP contribution in [-0.2, 0) is 19.1 Å². The number of nitrogens with one attached hydrogen (secondary N) is 1. The lowest BCUT2D eigenvalue weighted by atomic mass is 9.93. The number of aliphatic hydroxyl groups is 4. The van der Waals surface area contributed by atoms with Crippen molar-refractivity contribution in [3.8, 4) is 0 Å². The molecule has 0 radical (unpaired) electrons. The van der Waals surface area contributed by atoms with Crippen LogP contribution in [0.2, 0.25) is 0 Å². The Bertz CT molecular complexity index is 436. The van der Waals surface area contributed by atoms with E-state index in [4.69, 9.17) is 9.84 Å². The van der Waals surface area contributed by atoms with Crippen molar-refractivity contribution in [2.75, 3.05) is 25.2 Å². The lowest BCUT2D eigenvalue weighted by molar-refractivity contribution is -0.230. The number of aliphatic hydroxyl groups excluding tert-OH is 4. The molecule has 6 atom stereocenters. The van der Waals surface area contributed by atoms with Gasteiger partial charge in [0.2, 0.25) is 5.91 Å². The second-order valence-corrected chi connectivity index (χ2v) is 7.01. The molecule has 0 saturated carbocycles. The zero-order chi connectivity index (χ0) is 19.0. The number of rotatable bonds is 9. The number of esters is 1. The summed E-state index contributed by atoms with van der Waals surface area (Å²) in [5, 5.41) is 41.0. The zero-order valence-corrected chi connectivity index (χ0v) is 15.1. The van der Waals surface area contributed by atoms with Gasteiger partial charge in [-0.3, -0.25) is 4.79 Å². The Kier molecular flexibility index (Phi) is 9.69. The maximum atomic E-state index is 11.6.